The highest BCUT2D eigenvalue weighted by Gasteiger charge is 2.31. The van der Waals surface area contributed by atoms with Crippen LogP contribution in [-0.2, 0) is 11.3 Å². The zero-order valence-corrected chi connectivity index (χ0v) is 14.7. The number of fused-ring (bicyclic) bond motifs is 1. The summed E-state index contributed by atoms with van der Waals surface area (Å²) in [5.41, 5.74) is 0.716. The quantitative estimate of drug-likeness (QED) is 0.701. The number of ether oxygens (including phenoxy) is 1. The molecule has 2 aromatic heterocycles. The SMILES string of the molecule is COCCn1c(C2CCCN2c2ccncn2)nc2ccccc2c1=O. The maximum atomic E-state index is 13.1. The summed E-state index contributed by atoms with van der Waals surface area (Å²) in [6.07, 6.45) is 5.25. The second-order valence-electron chi connectivity index (χ2n) is 6.36. The lowest BCUT2D eigenvalue weighted by atomic mass is 10.1. The number of rotatable bonds is 5. The summed E-state index contributed by atoms with van der Waals surface area (Å²) in [6.45, 7) is 1.83. The van der Waals surface area contributed by atoms with Crippen molar-refractivity contribution in [3.63, 3.8) is 0 Å². The number of nitrogens with zero attached hydrogens (tertiary/aromatic N) is 5. The molecule has 0 amide bonds. The highest BCUT2D eigenvalue weighted by Crippen LogP contribution is 2.34. The Hall–Kier alpha value is -2.80. The summed E-state index contributed by atoms with van der Waals surface area (Å²) in [5.74, 6) is 1.64. The van der Waals surface area contributed by atoms with Crippen molar-refractivity contribution >= 4 is 16.7 Å². The molecule has 1 aliphatic rings. The predicted molar refractivity (Wildman–Crippen MR) is 99.2 cm³/mol. The third kappa shape index (κ3) is 2.94. The number of aromatic nitrogens is 4. The van der Waals surface area contributed by atoms with Gasteiger partial charge in [0.25, 0.3) is 5.56 Å². The molecule has 1 aromatic carbocycles. The van der Waals surface area contributed by atoms with Crippen LogP contribution in [0.4, 0.5) is 5.82 Å². The maximum absolute atomic E-state index is 13.1. The van der Waals surface area contributed by atoms with Gasteiger partial charge >= 0.3 is 0 Å². The minimum atomic E-state index is -0.0165. The van der Waals surface area contributed by atoms with Gasteiger partial charge in [-0.1, -0.05) is 12.1 Å². The zero-order valence-electron chi connectivity index (χ0n) is 14.7. The first-order chi connectivity index (χ1) is 12.8. The second-order valence-corrected chi connectivity index (χ2v) is 6.36. The van der Waals surface area contributed by atoms with Crippen molar-refractivity contribution in [1.29, 1.82) is 0 Å². The number of para-hydroxylation sites is 1. The van der Waals surface area contributed by atoms with E-state index in [2.05, 4.69) is 14.9 Å². The van der Waals surface area contributed by atoms with Crippen LogP contribution < -0.4 is 10.5 Å². The molecular weight excluding hydrogens is 330 g/mol. The summed E-state index contributed by atoms with van der Waals surface area (Å²) >= 11 is 0. The summed E-state index contributed by atoms with van der Waals surface area (Å²) in [7, 11) is 1.64. The van der Waals surface area contributed by atoms with Crippen LogP contribution in [0.15, 0.2) is 47.7 Å². The van der Waals surface area contributed by atoms with Crippen molar-refractivity contribution in [3.8, 4) is 0 Å². The first kappa shape index (κ1) is 16.7. The van der Waals surface area contributed by atoms with E-state index in [1.54, 1.807) is 24.2 Å². The number of hydrogen-bond donors (Lipinski definition) is 0. The Labute approximate surface area is 151 Å². The largest absolute Gasteiger partial charge is 0.383 e. The van der Waals surface area contributed by atoms with E-state index < -0.39 is 0 Å². The number of hydrogen-bond acceptors (Lipinski definition) is 6. The van der Waals surface area contributed by atoms with Crippen LogP contribution in [0.25, 0.3) is 10.9 Å². The summed E-state index contributed by atoms with van der Waals surface area (Å²) in [5, 5.41) is 0.638. The molecule has 3 heterocycles. The molecule has 134 valence electrons. The molecule has 1 atom stereocenters. The van der Waals surface area contributed by atoms with Crippen LogP contribution in [0.2, 0.25) is 0 Å². The van der Waals surface area contributed by atoms with Crippen LogP contribution in [0.3, 0.4) is 0 Å². The smallest absolute Gasteiger partial charge is 0.261 e. The molecule has 26 heavy (non-hydrogen) atoms. The highest BCUT2D eigenvalue weighted by atomic mass is 16.5. The maximum Gasteiger partial charge on any atom is 0.261 e. The van der Waals surface area contributed by atoms with Crippen LogP contribution in [0.5, 0.6) is 0 Å². The molecule has 1 unspecified atom stereocenters. The van der Waals surface area contributed by atoms with Gasteiger partial charge in [-0.05, 0) is 31.0 Å². The third-order valence-electron chi connectivity index (χ3n) is 4.82. The average Bonchev–Trinajstić information content (AvgIpc) is 3.17. The van der Waals surface area contributed by atoms with Gasteiger partial charge in [-0.25, -0.2) is 15.0 Å². The van der Waals surface area contributed by atoms with Gasteiger partial charge in [-0.2, -0.15) is 0 Å². The van der Waals surface area contributed by atoms with E-state index in [0.29, 0.717) is 18.5 Å². The van der Waals surface area contributed by atoms with Crippen LogP contribution in [0, 0.1) is 0 Å². The Morgan fingerprint density at radius 3 is 2.96 bits per heavy atom. The van der Waals surface area contributed by atoms with Crippen LogP contribution in [-0.4, -0.2) is 39.8 Å². The Balaban J connectivity index is 1.85. The highest BCUT2D eigenvalue weighted by molar-refractivity contribution is 5.77. The molecule has 3 aromatic rings. The topological polar surface area (TPSA) is 73.1 Å². The lowest BCUT2D eigenvalue weighted by molar-refractivity contribution is 0.184. The van der Waals surface area contributed by atoms with Gasteiger partial charge in [-0.3, -0.25) is 9.36 Å². The molecule has 1 saturated heterocycles. The first-order valence-electron chi connectivity index (χ1n) is 8.80. The van der Waals surface area contributed by atoms with Gasteiger partial charge in [0.15, 0.2) is 0 Å². The third-order valence-corrected chi connectivity index (χ3v) is 4.82. The molecule has 0 bridgehead atoms. The van der Waals surface area contributed by atoms with Gasteiger partial charge < -0.3 is 9.64 Å². The number of anilines is 1. The monoisotopic (exact) mass is 351 g/mol. The van der Waals surface area contributed by atoms with Crippen molar-refractivity contribution in [2.45, 2.75) is 25.4 Å². The Morgan fingerprint density at radius 1 is 1.27 bits per heavy atom. The van der Waals surface area contributed by atoms with Crippen molar-refractivity contribution in [2.24, 2.45) is 0 Å². The fourth-order valence-corrected chi connectivity index (χ4v) is 3.60. The average molecular weight is 351 g/mol. The molecule has 1 fully saturated rings. The fourth-order valence-electron chi connectivity index (χ4n) is 3.60. The van der Waals surface area contributed by atoms with E-state index in [1.165, 1.54) is 0 Å². The fraction of sp³-hybridized carbons (Fsp3) is 0.368. The molecule has 7 heteroatoms. The molecule has 0 spiro atoms. The molecule has 1 aliphatic heterocycles. The Bertz CT molecular complexity index is 957. The van der Waals surface area contributed by atoms with Crippen molar-refractivity contribution in [3.05, 3.63) is 59.0 Å². The minimum absolute atomic E-state index is 0.0130. The molecule has 0 radical (unpaired) electrons. The zero-order chi connectivity index (χ0) is 17.9. The van der Waals surface area contributed by atoms with E-state index in [0.717, 1.165) is 36.5 Å². The number of methoxy groups -OCH3 is 1. The van der Waals surface area contributed by atoms with Gasteiger partial charge in [0.2, 0.25) is 0 Å². The van der Waals surface area contributed by atoms with Crippen LogP contribution >= 0.6 is 0 Å². The molecule has 4 rings (SSSR count). The molecule has 0 aliphatic carbocycles. The van der Waals surface area contributed by atoms with E-state index in [4.69, 9.17) is 9.72 Å². The summed E-state index contributed by atoms with van der Waals surface area (Å²) < 4.78 is 6.98. The van der Waals surface area contributed by atoms with E-state index in [-0.39, 0.29) is 11.6 Å². The van der Waals surface area contributed by atoms with E-state index in [9.17, 15) is 4.79 Å². The van der Waals surface area contributed by atoms with Crippen molar-refractivity contribution in [2.75, 3.05) is 25.2 Å². The lowest BCUT2D eigenvalue weighted by Gasteiger charge is -2.27. The van der Waals surface area contributed by atoms with Gasteiger partial charge in [0.05, 0.1) is 30.1 Å². The second kappa shape index (κ2) is 7.21. The van der Waals surface area contributed by atoms with E-state index >= 15 is 0 Å². The normalized spacial score (nSPS) is 17.1. The van der Waals surface area contributed by atoms with E-state index in [1.807, 2.05) is 30.3 Å². The Morgan fingerprint density at radius 2 is 2.15 bits per heavy atom. The Kier molecular flexibility index (Phi) is 4.62. The van der Waals surface area contributed by atoms with Gasteiger partial charge in [0, 0.05) is 19.9 Å². The number of benzene rings is 1. The minimum Gasteiger partial charge on any atom is -0.383 e. The predicted octanol–water partition coefficient (Wildman–Crippen LogP) is 2.17. The standard InChI is InChI=1S/C19H21N5O2/c1-26-12-11-24-18(22-15-6-3-2-5-14(15)19(24)25)16-7-4-10-23(16)17-8-9-20-13-21-17/h2-3,5-6,8-9,13,16H,4,7,10-12H2,1H3. The summed E-state index contributed by atoms with van der Waals surface area (Å²) in [6, 6.07) is 9.42. The summed E-state index contributed by atoms with van der Waals surface area (Å²) in [4.78, 5) is 28.5. The van der Waals surface area contributed by atoms with Crippen molar-refractivity contribution < 1.29 is 4.74 Å². The lowest BCUT2D eigenvalue weighted by Crippen LogP contribution is -2.33. The molecular formula is C19H21N5O2. The molecule has 7 nitrogen and oxygen atoms in total. The van der Waals surface area contributed by atoms with Crippen LogP contribution in [0.1, 0.15) is 24.7 Å². The molecule has 0 N–H and O–H groups in total. The van der Waals surface area contributed by atoms with Gasteiger partial charge in [0.1, 0.15) is 18.0 Å². The first-order valence-corrected chi connectivity index (χ1v) is 8.80. The van der Waals surface area contributed by atoms with Gasteiger partial charge in [-0.15, -0.1) is 0 Å². The molecule has 0 saturated carbocycles. The van der Waals surface area contributed by atoms with Crippen molar-refractivity contribution in [1.82, 2.24) is 19.5 Å².